The average molecular weight is 548 g/mol. The fourth-order valence-electron chi connectivity index (χ4n) is 3.73. The second-order valence-corrected chi connectivity index (χ2v) is 8.74. The number of urea groups is 1. The Bertz CT molecular complexity index is 1420. The van der Waals surface area contributed by atoms with Crippen molar-refractivity contribution in [1.82, 2.24) is 4.98 Å². The standard InChI is InChI=1S/C27H19F6N3OS/c28-26(29,30)18-13-19(27(31,32)33)15-21(14-18)35-25(37)36-23-7-2-1-6-22(23)16-8-9-17(24(38)12-16)11-20-5-3-4-10-34-20/h1-10,12-15,38H,11H2,(H2,35,36,37). The monoisotopic (exact) mass is 547 g/mol. The molecular formula is C27H19F6N3OS. The topological polar surface area (TPSA) is 54.0 Å². The third-order valence-electron chi connectivity index (χ3n) is 5.51. The van der Waals surface area contributed by atoms with Crippen LogP contribution in [0.1, 0.15) is 22.4 Å². The van der Waals surface area contributed by atoms with Gasteiger partial charge >= 0.3 is 18.4 Å². The number of aromatic nitrogens is 1. The molecule has 0 saturated carbocycles. The first kappa shape index (κ1) is 27.1. The molecule has 0 bridgehead atoms. The molecule has 0 unspecified atom stereocenters. The predicted molar refractivity (Wildman–Crippen MR) is 135 cm³/mol. The highest BCUT2D eigenvalue weighted by atomic mass is 32.1. The number of rotatable bonds is 5. The molecule has 0 spiro atoms. The van der Waals surface area contributed by atoms with E-state index in [1.165, 1.54) is 0 Å². The Hall–Kier alpha value is -3.99. The van der Waals surface area contributed by atoms with Crippen LogP contribution in [0.15, 0.2) is 90.0 Å². The van der Waals surface area contributed by atoms with E-state index in [1.54, 1.807) is 36.5 Å². The van der Waals surface area contributed by atoms with Crippen LogP contribution in [0.5, 0.6) is 0 Å². The van der Waals surface area contributed by atoms with Crippen molar-refractivity contribution >= 4 is 30.0 Å². The molecule has 4 rings (SSSR count). The van der Waals surface area contributed by atoms with Gasteiger partial charge in [0.1, 0.15) is 0 Å². The summed E-state index contributed by atoms with van der Waals surface area (Å²) in [4.78, 5) is 17.6. The number of anilines is 2. The second-order valence-electron chi connectivity index (χ2n) is 8.26. The van der Waals surface area contributed by atoms with Crippen LogP contribution in [0.2, 0.25) is 0 Å². The summed E-state index contributed by atoms with van der Waals surface area (Å²) in [6.45, 7) is 0. The third-order valence-corrected chi connectivity index (χ3v) is 5.93. The van der Waals surface area contributed by atoms with Gasteiger partial charge in [-0.25, -0.2) is 4.79 Å². The quantitative estimate of drug-likeness (QED) is 0.174. The Labute approximate surface area is 219 Å². The van der Waals surface area contributed by atoms with E-state index in [4.69, 9.17) is 0 Å². The Morgan fingerprint density at radius 1 is 0.789 bits per heavy atom. The van der Waals surface area contributed by atoms with Gasteiger partial charge in [-0.3, -0.25) is 4.98 Å². The molecule has 3 aromatic carbocycles. The van der Waals surface area contributed by atoms with Crippen LogP contribution in [-0.2, 0) is 18.8 Å². The molecule has 196 valence electrons. The summed E-state index contributed by atoms with van der Waals surface area (Å²) in [5.74, 6) is 0. The number of alkyl halides is 6. The molecule has 11 heteroatoms. The zero-order chi connectivity index (χ0) is 27.5. The predicted octanol–water partition coefficient (Wildman–Crippen LogP) is 8.31. The lowest BCUT2D eigenvalue weighted by Gasteiger charge is -2.16. The number of halogens is 6. The number of hydrogen-bond donors (Lipinski definition) is 3. The van der Waals surface area contributed by atoms with Gasteiger partial charge in [0.05, 0.1) is 16.8 Å². The molecule has 0 atom stereocenters. The summed E-state index contributed by atoms with van der Waals surface area (Å²) in [6.07, 6.45) is -7.82. The first-order valence-corrected chi connectivity index (χ1v) is 11.5. The van der Waals surface area contributed by atoms with Gasteiger partial charge in [-0.15, -0.1) is 12.6 Å². The summed E-state index contributed by atoms with van der Waals surface area (Å²) in [5.41, 5.74) is -0.389. The molecule has 0 fully saturated rings. The van der Waals surface area contributed by atoms with E-state index in [9.17, 15) is 31.1 Å². The van der Waals surface area contributed by atoms with E-state index < -0.39 is 35.2 Å². The molecule has 0 saturated heterocycles. The molecule has 38 heavy (non-hydrogen) atoms. The maximum Gasteiger partial charge on any atom is 0.416 e. The number of carbonyl (C=O) groups is 1. The van der Waals surface area contributed by atoms with Gasteiger partial charge in [0.15, 0.2) is 0 Å². The number of nitrogens with one attached hydrogen (secondary N) is 2. The second kappa shape index (κ2) is 10.8. The van der Waals surface area contributed by atoms with Gasteiger partial charge in [0.25, 0.3) is 0 Å². The Morgan fingerprint density at radius 3 is 2.05 bits per heavy atom. The van der Waals surface area contributed by atoms with Gasteiger partial charge in [0, 0.05) is 34.5 Å². The summed E-state index contributed by atoms with van der Waals surface area (Å²) < 4.78 is 78.8. The van der Waals surface area contributed by atoms with Gasteiger partial charge in [0.2, 0.25) is 0 Å². The van der Waals surface area contributed by atoms with Crippen LogP contribution >= 0.6 is 12.6 Å². The zero-order valence-corrected chi connectivity index (χ0v) is 20.3. The van der Waals surface area contributed by atoms with Crippen molar-refractivity contribution in [3.63, 3.8) is 0 Å². The summed E-state index contributed by atoms with van der Waals surface area (Å²) in [7, 11) is 0. The van der Waals surface area contributed by atoms with Crippen LogP contribution in [0.3, 0.4) is 0 Å². The molecule has 0 aliphatic carbocycles. The fraction of sp³-hybridized carbons (Fsp3) is 0.111. The van der Waals surface area contributed by atoms with Crippen molar-refractivity contribution < 1.29 is 31.1 Å². The largest absolute Gasteiger partial charge is 0.416 e. The van der Waals surface area contributed by atoms with Crippen molar-refractivity contribution in [1.29, 1.82) is 0 Å². The zero-order valence-electron chi connectivity index (χ0n) is 19.4. The minimum absolute atomic E-state index is 0.00898. The third kappa shape index (κ3) is 6.65. The normalized spacial score (nSPS) is 11.8. The van der Waals surface area contributed by atoms with Crippen molar-refractivity contribution in [3.05, 3.63) is 107 Å². The molecule has 0 aliphatic heterocycles. The SMILES string of the molecule is O=C(Nc1cc(C(F)(F)F)cc(C(F)(F)F)c1)Nc1ccccc1-c1ccc(Cc2ccccn2)c(S)c1. The highest BCUT2D eigenvalue weighted by Gasteiger charge is 2.37. The Morgan fingerprint density at radius 2 is 1.45 bits per heavy atom. The van der Waals surface area contributed by atoms with E-state index >= 15 is 0 Å². The van der Waals surface area contributed by atoms with Crippen molar-refractivity contribution in [2.45, 2.75) is 23.7 Å². The Balaban J connectivity index is 1.56. The smallest absolute Gasteiger partial charge is 0.308 e. The molecule has 1 aromatic heterocycles. The van der Waals surface area contributed by atoms with Crippen molar-refractivity contribution in [3.8, 4) is 11.1 Å². The van der Waals surface area contributed by atoms with E-state index in [2.05, 4.69) is 28.2 Å². The average Bonchev–Trinajstić information content (AvgIpc) is 2.85. The molecule has 0 radical (unpaired) electrons. The minimum atomic E-state index is -5.03. The number of para-hydroxylation sites is 1. The lowest BCUT2D eigenvalue weighted by molar-refractivity contribution is -0.143. The van der Waals surface area contributed by atoms with Gasteiger partial charge in [-0.2, -0.15) is 26.3 Å². The van der Waals surface area contributed by atoms with Crippen LogP contribution in [0, 0.1) is 0 Å². The maximum atomic E-state index is 13.1. The van der Waals surface area contributed by atoms with E-state index in [0.717, 1.165) is 11.3 Å². The highest BCUT2D eigenvalue weighted by molar-refractivity contribution is 7.80. The van der Waals surface area contributed by atoms with Crippen molar-refractivity contribution in [2.24, 2.45) is 0 Å². The molecule has 2 N–H and O–H groups in total. The van der Waals surface area contributed by atoms with Crippen molar-refractivity contribution in [2.75, 3.05) is 10.6 Å². The van der Waals surface area contributed by atoms with E-state index in [0.29, 0.717) is 40.3 Å². The van der Waals surface area contributed by atoms with Gasteiger partial charge in [-0.05, 0) is 53.6 Å². The highest BCUT2D eigenvalue weighted by Crippen LogP contribution is 2.38. The molecule has 4 aromatic rings. The minimum Gasteiger partial charge on any atom is -0.308 e. The van der Waals surface area contributed by atoms with Gasteiger partial charge in [-0.1, -0.05) is 36.4 Å². The number of benzene rings is 3. The maximum absolute atomic E-state index is 13.1. The number of nitrogens with zero attached hydrogens (tertiary/aromatic N) is 1. The number of carbonyl (C=O) groups excluding carboxylic acids is 1. The summed E-state index contributed by atoms with van der Waals surface area (Å²) in [6, 6.07) is 17.5. The van der Waals surface area contributed by atoms with Crippen LogP contribution in [0.25, 0.3) is 11.1 Å². The lowest BCUT2D eigenvalue weighted by atomic mass is 10.0. The molecule has 1 heterocycles. The molecule has 2 amide bonds. The molecule has 4 nitrogen and oxygen atoms in total. The number of pyridine rings is 1. The lowest BCUT2D eigenvalue weighted by Crippen LogP contribution is -2.21. The number of hydrogen-bond acceptors (Lipinski definition) is 3. The first-order chi connectivity index (χ1) is 17.9. The first-order valence-electron chi connectivity index (χ1n) is 11.1. The fourth-order valence-corrected chi connectivity index (χ4v) is 4.03. The molecule has 0 aliphatic rings. The van der Waals surface area contributed by atoms with E-state index in [-0.39, 0.29) is 6.07 Å². The summed E-state index contributed by atoms with van der Waals surface area (Å²) in [5, 5.41) is 4.57. The Kier molecular flexibility index (Phi) is 7.68. The molecular weight excluding hydrogens is 528 g/mol. The van der Waals surface area contributed by atoms with Gasteiger partial charge < -0.3 is 10.6 Å². The number of thiol groups is 1. The summed E-state index contributed by atoms with van der Waals surface area (Å²) >= 11 is 4.57. The van der Waals surface area contributed by atoms with Crippen LogP contribution < -0.4 is 10.6 Å². The van der Waals surface area contributed by atoms with E-state index in [1.807, 2.05) is 30.3 Å². The van der Waals surface area contributed by atoms with Crippen LogP contribution in [-0.4, -0.2) is 11.0 Å². The number of amides is 2. The van der Waals surface area contributed by atoms with Crippen LogP contribution in [0.4, 0.5) is 42.5 Å².